The maximum absolute atomic E-state index is 12.4. The van der Waals surface area contributed by atoms with Gasteiger partial charge >= 0.3 is 5.97 Å². The molecule has 3 atom stereocenters. The fraction of sp³-hybridized carbons (Fsp3) is 0.923. The van der Waals surface area contributed by atoms with Gasteiger partial charge in [0, 0.05) is 19.1 Å². The minimum Gasteiger partial charge on any atom is -0.481 e. The molecule has 1 saturated carbocycles. The lowest BCUT2D eigenvalue weighted by Gasteiger charge is -2.34. The van der Waals surface area contributed by atoms with Gasteiger partial charge in [0.1, 0.15) is 0 Å². The van der Waals surface area contributed by atoms with Crippen molar-refractivity contribution in [3.05, 3.63) is 0 Å². The van der Waals surface area contributed by atoms with Crippen LogP contribution in [-0.2, 0) is 15.0 Å². The summed E-state index contributed by atoms with van der Waals surface area (Å²) in [7, 11) is -3.56. The molecule has 0 radical (unpaired) electrons. The molecule has 0 amide bonds. The highest BCUT2D eigenvalue weighted by atomic mass is 32.2. The Morgan fingerprint density at radius 3 is 2.55 bits per heavy atom. The normalized spacial score (nSPS) is 33.0. The van der Waals surface area contributed by atoms with Gasteiger partial charge in [-0.15, -0.1) is 0 Å². The molecule has 116 valence electrons. The first kappa shape index (κ1) is 15.7. The molecule has 1 saturated heterocycles. The zero-order valence-corrected chi connectivity index (χ0v) is 12.7. The zero-order chi connectivity index (χ0) is 14.8. The van der Waals surface area contributed by atoms with Gasteiger partial charge in [-0.05, 0) is 31.6 Å². The van der Waals surface area contributed by atoms with Crippen molar-refractivity contribution in [1.29, 1.82) is 0 Å². The van der Waals surface area contributed by atoms with Gasteiger partial charge in [0.25, 0.3) is 10.2 Å². The fourth-order valence-electron chi connectivity index (χ4n) is 3.20. The van der Waals surface area contributed by atoms with Gasteiger partial charge in [-0.1, -0.05) is 19.8 Å². The second-order valence-corrected chi connectivity index (χ2v) is 7.77. The van der Waals surface area contributed by atoms with Crippen molar-refractivity contribution < 1.29 is 18.3 Å². The number of carboxylic acid groups (broad SMARTS) is 1. The Morgan fingerprint density at radius 1 is 1.20 bits per heavy atom. The molecule has 0 aromatic carbocycles. The number of rotatable bonds is 4. The molecule has 6 nitrogen and oxygen atoms in total. The second-order valence-electron chi connectivity index (χ2n) is 6.06. The number of hydrogen-bond acceptors (Lipinski definition) is 3. The molecule has 1 aliphatic heterocycles. The molecule has 1 aliphatic carbocycles. The molecule has 7 heteroatoms. The topological polar surface area (TPSA) is 86.7 Å². The maximum Gasteiger partial charge on any atom is 0.308 e. The molecule has 2 fully saturated rings. The van der Waals surface area contributed by atoms with Crippen LogP contribution in [-0.4, -0.2) is 42.9 Å². The van der Waals surface area contributed by atoms with Crippen LogP contribution in [0.5, 0.6) is 0 Å². The number of hydrogen-bond donors (Lipinski definition) is 2. The molecule has 2 N–H and O–H groups in total. The van der Waals surface area contributed by atoms with E-state index in [0.29, 0.717) is 31.8 Å². The van der Waals surface area contributed by atoms with E-state index in [1.807, 2.05) is 6.92 Å². The summed E-state index contributed by atoms with van der Waals surface area (Å²) < 4.78 is 28.9. The quantitative estimate of drug-likeness (QED) is 0.817. The van der Waals surface area contributed by atoms with Crippen LogP contribution in [0.2, 0.25) is 0 Å². The van der Waals surface area contributed by atoms with Crippen molar-refractivity contribution in [1.82, 2.24) is 9.03 Å². The predicted octanol–water partition coefficient (Wildman–Crippen LogP) is 1.20. The zero-order valence-electron chi connectivity index (χ0n) is 11.9. The number of carbonyl (C=O) groups is 1. The molecule has 0 bridgehead atoms. The van der Waals surface area contributed by atoms with Crippen molar-refractivity contribution in [2.75, 3.05) is 13.1 Å². The van der Waals surface area contributed by atoms with E-state index in [9.17, 15) is 18.3 Å². The highest BCUT2D eigenvalue weighted by Crippen LogP contribution is 2.26. The molecule has 0 aromatic rings. The third-order valence-electron chi connectivity index (χ3n) is 4.34. The third-order valence-corrected chi connectivity index (χ3v) is 5.96. The smallest absolute Gasteiger partial charge is 0.308 e. The number of aliphatic carboxylic acids is 1. The monoisotopic (exact) mass is 304 g/mol. The number of nitrogens with zero attached hydrogens (tertiary/aromatic N) is 1. The van der Waals surface area contributed by atoms with Gasteiger partial charge in [-0.3, -0.25) is 4.79 Å². The average molecular weight is 304 g/mol. The van der Waals surface area contributed by atoms with Gasteiger partial charge < -0.3 is 5.11 Å². The lowest BCUT2D eigenvalue weighted by Crippen LogP contribution is -2.52. The number of nitrogens with one attached hydrogen (secondary N) is 1. The van der Waals surface area contributed by atoms with E-state index in [0.717, 1.165) is 25.7 Å². The molecule has 0 aromatic heterocycles. The SMILES string of the molecule is CC1CCCN(S(=O)(=O)NC2CCCCC2C(=O)O)C1. The Hall–Kier alpha value is -0.660. The summed E-state index contributed by atoms with van der Waals surface area (Å²) in [6.45, 7) is 3.10. The van der Waals surface area contributed by atoms with E-state index < -0.39 is 28.1 Å². The Labute approximate surface area is 120 Å². The summed E-state index contributed by atoms with van der Waals surface area (Å²) in [5, 5.41) is 9.21. The predicted molar refractivity (Wildman–Crippen MR) is 75.4 cm³/mol. The van der Waals surface area contributed by atoms with E-state index in [2.05, 4.69) is 4.72 Å². The van der Waals surface area contributed by atoms with E-state index >= 15 is 0 Å². The first-order valence-corrected chi connectivity index (χ1v) is 8.84. The lowest BCUT2D eigenvalue weighted by molar-refractivity contribution is -0.143. The van der Waals surface area contributed by atoms with Crippen LogP contribution in [0.4, 0.5) is 0 Å². The van der Waals surface area contributed by atoms with Gasteiger partial charge in [-0.2, -0.15) is 17.4 Å². The minimum atomic E-state index is -3.56. The molecule has 20 heavy (non-hydrogen) atoms. The summed E-state index contributed by atoms with van der Waals surface area (Å²) in [6, 6.07) is -0.469. The van der Waals surface area contributed by atoms with Gasteiger partial charge in [-0.25, -0.2) is 0 Å². The Morgan fingerprint density at radius 2 is 1.90 bits per heavy atom. The Bertz CT molecular complexity index is 451. The third kappa shape index (κ3) is 3.71. The first-order chi connectivity index (χ1) is 9.40. The Kier molecular flexibility index (Phi) is 5.04. The van der Waals surface area contributed by atoms with E-state index in [-0.39, 0.29) is 0 Å². The van der Waals surface area contributed by atoms with Gasteiger partial charge in [0.15, 0.2) is 0 Å². The summed E-state index contributed by atoms with van der Waals surface area (Å²) in [5.41, 5.74) is 0. The van der Waals surface area contributed by atoms with Crippen LogP contribution in [0.3, 0.4) is 0 Å². The van der Waals surface area contributed by atoms with Crippen LogP contribution in [0.25, 0.3) is 0 Å². The minimum absolute atomic E-state index is 0.363. The Balaban J connectivity index is 2.04. The maximum atomic E-state index is 12.4. The number of carboxylic acids is 1. The van der Waals surface area contributed by atoms with Crippen LogP contribution in [0, 0.1) is 11.8 Å². The molecule has 0 spiro atoms. The van der Waals surface area contributed by atoms with Crippen molar-refractivity contribution in [2.45, 2.75) is 51.5 Å². The highest BCUT2D eigenvalue weighted by Gasteiger charge is 2.36. The highest BCUT2D eigenvalue weighted by molar-refractivity contribution is 7.87. The first-order valence-electron chi connectivity index (χ1n) is 7.40. The van der Waals surface area contributed by atoms with E-state index in [1.54, 1.807) is 0 Å². The largest absolute Gasteiger partial charge is 0.481 e. The summed E-state index contributed by atoms with van der Waals surface area (Å²) in [4.78, 5) is 11.2. The average Bonchev–Trinajstić information content (AvgIpc) is 2.38. The standard InChI is InChI=1S/C13H24N2O4S/c1-10-5-4-8-15(9-10)20(18,19)14-12-7-3-2-6-11(12)13(16)17/h10-12,14H,2-9H2,1H3,(H,16,17). The molecule has 2 rings (SSSR count). The van der Waals surface area contributed by atoms with Crippen LogP contribution < -0.4 is 4.72 Å². The summed E-state index contributed by atoms with van der Waals surface area (Å²) >= 11 is 0. The van der Waals surface area contributed by atoms with Crippen LogP contribution in [0.1, 0.15) is 45.4 Å². The second kappa shape index (κ2) is 6.41. The van der Waals surface area contributed by atoms with Crippen molar-refractivity contribution in [3.8, 4) is 0 Å². The molecule has 2 aliphatic rings. The molecular formula is C13H24N2O4S. The van der Waals surface area contributed by atoms with Crippen molar-refractivity contribution in [2.24, 2.45) is 11.8 Å². The number of piperidine rings is 1. The van der Waals surface area contributed by atoms with Gasteiger partial charge in [0.2, 0.25) is 0 Å². The van der Waals surface area contributed by atoms with E-state index in [1.165, 1.54) is 4.31 Å². The summed E-state index contributed by atoms with van der Waals surface area (Å²) in [5.74, 6) is -1.13. The fourth-order valence-corrected chi connectivity index (χ4v) is 4.83. The molecule has 1 heterocycles. The lowest BCUT2D eigenvalue weighted by atomic mass is 9.85. The van der Waals surface area contributed by atoms with Crippen molar-refractivity contribution >= 4 is 16.2 Å². The summed E-state index contributed by atoms with van der Waals surface area (Å²) in [6.07, 6.45) is 4.82. The van der Waals surface area contributed by atoms with Crippen molar-refractivity contribution in [3.63, 3.8) is 0 Å². The molecular weight excluding hydrogens is 280 g/mol. The van der Waals surface area contributed by atoms with Gasteiger partial charge in [0.05, 0.1) is 5.92 Å². The van der Waals surface area contributed by atoms with Crippen LogP contribution in [0.15, 0.2) is 0 Å². The molecule has 3 unspecified atom stereocenters. The van der Waals surface area contributed by atoms with E-state index in [4.69, 9.17) is 0 Å². The van der Waals surface area contributed by atoms with Crippen LogP contribution >= 0.6 is 0 Å².